The number of likely N-dealkylation sites (N-methyl/N-ethyl adjacent to an activating group) is 1. The maximum Gasteiger partial charge on any atom is 0.237 e. The summed E-state index contributed by atoms with van der Waals surface area (Å²) in [6.45, 7) is 4.05. The normalized spacial score (nSPS) is 21.3. The van der Waals surface area contributed by atoms with E-state index in [1.165, 1.54) is 4.88 Å². The Balaban J connectivity index is 1.96. The van der Waals surface area contributed by atoms with E-state index in [0.29, 0.717) is 19.4 Å². The monoisotopic (exact) mass is 355 g/mol. The van der Waals surface area contributed by atoms with E-state index < -0.39 is 0 Å². The Labute approximate surface area is 146 Å². The molecule has 1 aromatic rings. The van der Waals surface area contributed by atoms with E-state index in [-0.39, 0.29) is 23.9 Å². The maximum atomic E-state index is 12.3. The molecule has 0 saturated carbocycles. The first-order valence-corrected chi connectivity index (χ1v) is 10.2. The number of thioether (sulfide) groups is 1. The third kappa shape index (κ3) is 5.51. The highest BCUT2D eigenvalue weighted by atomic mass is 32.2. The molecule has 1 aromatic heterocycles. The van der Waals surface area contributed by atoms with Gasteiger partial charge in [-0.2, -0.15) is 11.8 Å². The van der Waals surface area contributed by atoms with Crippen LogP contribution < -0.4 is 10.6 Å². The molecule has 128 valence electrons. The van der Waals surface area contributed by atoms with Gasteiger partial charge < -0.3 is 10.6 Å². The molecule has 0 aliphatic carbocycles. The molecule has 23 heavy (non-hydrogen) atoms. The van der Waals surface area contributed by atoms with Crippen LogP contribution in [-0.4, -0.2) is 53.9 Å². The predicted molar refractivity (Wildman–Crippen MR) is 96.7 cm³/mol. The molecule has 2 N–H and O–H groups in total. The van der Waals surface area contributed by atoms with Gasteiger partial charge in [-0.3, -0.25) is 14.5 Å². The van der Waals surface area contributed by atoms with Crippen LogP contribution in [0.1, 0.15) is 24.6 Å². The summed E-state index contributed by atoms with van der Waals surface area (Å²) in [7, 11) is 0. The molecule has 5 nitrogen and oxygen atoms in total. The van der Waals surface area contributed by atoms with Crippen LogP contribution in [0, 0.1) is 0 Å². The Morgan fingerprint density at radius 2 is 2.30 bits per heavy atom. The maximum absolute atomic E-state index is 12.3. The molecule has 0 aromatic carbocycles. The molecule has 7 heteroatoms. The lowest BCUT2D eigenvalue weighted by Crippen LogP contribution is -2.42. The lowest BCUT2D eigenvalue weighted by Gasteiger charge is -2.22. The van der Waals surface area contributed by atoms with Crippen LogP contribution in [0.4, 0.5) is 0 Å². The fourth-order valence-corrected chi connectivity index (χ4v) is 3.96. The Morgan fingerprint density at radius 3 is 2.96 bits per heavy atom. The average Bonchev–Trinajstić information content (AvgIpc) is 3.16. The number of carbonyl (C=O) groups excluding carboxylic acids is 2. The Hall–Kier alpha value is -1.05. The number of hydrogen-bond donors (Lipinski definition) is 2. The molecule has 2 atom stereocenters. The standard InChI is InChI=1S/C16H25N3O2S2/c1-3-17-16(21)14-9-12(18-15(20)6-8-22-2)10-19(14)11-13-5-4-7-23-13/h4-5,7,12,14H,3,6,8-11H2,1-2H3,(H,17,21)(H,18,20)/t12-,14-/m0/s1. The third-order valence-electron chi connectivity index (χ3n) is 3.89. The van der Waals surface area contributed by atoms with Crippen molar-refractivity contribution in [2.75, 3.05) is 25.1 Å². The lowest BCUT2D eigenvalue weighted by atomic mass is 10.1. The quantitative estimate of drug-likeness (QED) is 0.745. The number of amides is 2. The molecule has 1 saturated heterocycles. The van der Waals surface area contributed by atoms with Gasteiger partial charge in [0.1, 0.15) is 0 Å². The van der Waals surface area contributed by atoms with E-state index in [1.54, 1.807) is 23.1 Å². The van der Waals surface area contributed by atoms with Crippen LogP contribution in [0.15, 0.2) is 17.5 Å². The SMILES string of the molecule is CCNC(=O)[C@@H]1C[C@H](NC(=O)CCSC)CN1Cc1cccs1. The zero-order chi connectivity index (χ0) is 16.7. The van der Waals surface area contributed by atoms with Crippen LogP contribution in [0.25, 0.3) is 0 Å². The van der Waals surface area contributed by atoms with Gasteiger partial charge in [0.05, 0.1) is 6.04 Å². The number of thiophene rings is 1. The summed E-state index contributed by atoms with van der Waals surface area (Å²) in [5.41, 5.74) is 0. The topological polar surface area (TPSA) is 61.4 Å². The number of rotatable bonds is 8. The van der Waals surface area contributed by atoms with Crippen LogP contribution in [-0.2, 0) is 16.1 Å². The zero-order valence-corrected chi connectivity index (χ0v) is 15.3. The van der Waals surface area contributed by atoms with Crippen molar-refractivity contribution >= 4 is 34.9 Å². The summed E-state index contributed by atoms with van der Waals surface area (Å²) in [5.74, 6) is 0.971. The van der Waals surface area contributed by atoms with Crippen LogP contribution in [0.2, 0.25) is 0 Å². The summed E-state index contributed by atoms with van der Waals surface area (Å²) in [4.78, 5) is 27.7. The number of nitrogens with zero attached hydrogens (tertiary/aromatic N) is 1. The van der Waals surface area contributed by atoms with Gasteiger partial charge in [0.2, 0.25) is 11.8 Å². The second-order valence-corrected chi connectivity index (χ2v) is 7.68. The molecule has 1 fully saturated rings. The van der Waals surface area contributed by atoms with E-state index >= 15 is 0 Å². The van der Waals surface area contributed by atoms with Crippen molar-refractivity contribution < 1.29 is 9.59 Å². The van der Waals surface area contributed by atoms with E-state index in [0.717, 1.165) is 18.8 Å². The molecule has 2 amide bonds. The molecule has 0 unspecified atom stereocenters. The van der Waals surface area contributed by atoms with Gasteiger partial charge in [-0.1, -0.05) is 6.07 Å². The van der Waals surface area contributed by atoms with Crippen LogP contribution >= 0.6 is 23.1 Å². The second-order valence-electron chi connectivity index (χ2n) is 5.66. The fraction of sp³-hybridized carbons (Fsp3) is 0.625. The first kappa shape index (κ1) is 18.3. The fourth-order valence-electron chi connectivity index (χ4n) is 2.84. The molecule has 1 aliphatic rings. The molecule has 2 heterocycles. The number of nitrogens with one attached hydrogen (secondary N) is 2. The molecule has 0 bridgehead atoms. The minimum atomic E-state index is -0.164. The van der Waals surface area contributed by atoms with Gasteiger partial charge in [-0.25, -0.2) is 0 Å². The number of likely N-dealkylation sites (tertiary alicyclic amines) is 1. The van der Waals surface area contributed by atoms with Gasteiger partial charge in [-0.05, 0) is 31.0 Å². The van der Waals surface area contributed by atoms with E-state index in [4.69, 9.17) is 0 Å². The van der Waals surface area contributed by atoms with Crippen molar-refractivity contribution in [1.29, 1.82) is 0 Å². The smallest absolute Gasteiger partial charge is 0.237 e. The van der Waals surface area contributed by atoms with Crippen molar-refractivity contribution in [3.63, 3.8) is 0 Å². The van der Waals surface area contributed by atoms with Crippen LogP contribution in [0.5, 0.6) is 0 Å². The lowest BCUT2D eigenvalue weighted by molar-refractivity contribution is -0.125. The van der Waals surface area contributed by atoms with Crippen molar-refractivity contribution in [1.82, 2.24) is 15.5 Å². The highest BCUT2D eigenvalue weighted by Crippen LogP contribution is 2.23. The van der Waals surface area contributed by atoms with E-state index in [1.807, 2.05) is 24.6 Å². The molecule has 1 aliphatic heterocycles. The van der Waals surface area contributed by atoms with Crippen molar-refractivity contribution in [3.8, 4) is 0 Å². The Morgan fingerprint density at radius 1 is 1.48 bits per heavy atom. The summed E-state index contributed by atoms with van der Waals surface area (Å²) < 4.78 is 0. The number of carbonyl (C=O) groups is 2. The highest BCUT2D eigenvalue weighted by molar-refractivity contribution is 7.98. The minimum absolute atomic E-state index is 0.0527. The molecular formula is C16H25N3O2S2. The van der Waals surface area contributed by atoms with Crippen LogP contribution in [0.3, 0.4) is 0 Å². The second kappa shape index (κ2) is 9.30. The highest BCUT2D eigenvalue weighted by Gasteiger charge is 2.37. The van der Waals surface area contributed by atoms with E-state index in [9.17, 15) is 9.59 Å². The summed E-state index contributed by atoms with van der Waals surface area (Å²) >= 11 is 3.37. The molecule has 0 spiro atoms. The van der Waals surface area contributed by atoms with Gasteiger partial charge in [-0.15, -0.1) is 11.3 Å². The summed E-state index contributed by atoms with van der Waals surface area (Å²) in [6, 6.07) is 4.00. The molecule has 0 radical (unpaired) electrons. The first-order chi connectivity index (χ1) is 11.1. The van der Waals surface area contributed by atoms with Crippen molar-refractivity contribution in [3.05, 3.63) is 22.4 Å². The first-order valence-electron chi connectivity index (χ1n) is 7.96. The predicted octanol–water partition coefficient (Wildman–Crippen LogP) is 1.70. The van der Waals surface area contributed by atoms with Gasteiger partial charge >= 0.3 is 0 Å². The number of hydrogen-bond acceptors (Lipinski definition) is 5. The van der Waals surface area contributed by atoms with Gasteiger partial charge in [0, 0.05) is 42.7 Å². The average molecular weight is 356 g/mol. The summed E-state index contributed by atoms with van der Waals surface area (Å²) in [6.07, 6.45) is 3.22. The van der Waals surface area contributed by atoms with E-state index in [2.05, 4.69) is 21.6 Å². The Bertz CT molecular complexity index is 507. The Kier molecular flexibility index (Phi) is 7.39. The minimum Gasteiger partial charge on any atom is -0.355 e. The van der Waals surface area contributed by atoms with Crippen molar-refractivity contribution in [2.24, 2.45) is 0 Å². The third-order valence-corrected chi connectivity index (χ3v) is 5.37. The largest absolute Gasteiger partial charge is 0.355 e. The van der Waals surface area contributed by atoms with Gasteiger partial charge in [0.15, 0.2) is 0 Å². The zero-order valence-electron chi connectivity index (χ0n) is 13.7. The molecular weight excluding hydrogens is 330 g/mol. The summed E-state index contributed by atoms with van der Waals surface area (Å²) in [5, 5.41) is 8.04. The van der Waals surface area contributed by atoms with Gasteiger partial charge in [0.25, 0.3) is 0 Å². The molecule has 2 rings (SSSR count). The van der Waals surface area contributed by atoms with Crippen molar-refractivity contribution in [2.45, 2.75) is 38.4 Å².